The lowest BCUT2D eigenvalue weighted by Crippen LogP contribution is -2.63. The van der Waals surface area contributed by atoms with Gasteiger partial charge in [-0.1, -0.05) is 18.2 Å². The lowest BCUT2D eigenvalue weighted by atomic mass is 9.91. The van der Waals surface area contributed by atoms with E-state index in [0.29, 0.717) is 19.5 Å². The first kappa shape index (κ1) is 16.3. The molecule has 7 nitrogen and oxygen atoms in total. The Kier molecular flexibility index (Phi) is 4.11. The Labute approximate surface area is 136 Å². The molecule has 0 aromatic heterocycles. The van der Waals surface area contributed by atoms with Crippen LogP contribution in [-0.4, -0.2) is 49.9 Å². The predicted molar refractivity (Wildman–Crippen MR) is 90.7 cm³/mol. The van der Waals surface area contributed by atoms with E-state index in [9.17, 15) is 13.9 Å². The highest BCUT2D eigenvalue weighted by Gasteiger charge is 2.58. The minimum absolute atomic E-state index is 0.162. The van der Waals surface area contributed by atoms with Gasteiger partial charge in [0, 0.05) is 30.9 Å². The molecule has 126 valence electrons. The van der Waals surface area contributed by atoms with Crippen LogP contribution >= 0.6 is 10.6 Å². The summed E-state index contributed by atoms with van der Waals surface area (Å²) in [4.78, 5) is 13.2. The molecule has 1 spiro atoms. The smallest absolute Gasteiger partial charge is 0.267 e. The number of amides is 1. The molecule has 2 fully saturated rings. The van der Waals surface area contributed by atoms with Crippen LogP contribution in [0.3, 0.4) is 0 Å². The molecular weight excluding hydrogens is 318 g/mol. The average Bonchev–Trinajstić information content (AvgIpc) is 2.72. The molecule has 1 atom stereocenters. The number of nitrogens with two attached hydrogens (primary N) is 1. The van der Waals surface area contributed by atoms with Gasteiger partial charge in [-0.25, -0.2) is 5.48 Å². The number of hydrogen-bond donors (Lipinski definition) is 5. The number of anilines is 1. The molecule has 0 radical (unpaired) electrons. The van der Waals surface area contributed by atoms with E-state index in [1.807, 2.05) is 24.3 Å². The summed E-state index contributed by atoms with van der Waals surface area (Å²) in [6.07, 6.45) is 3.48. The van der Waals surface area contributed by atoms with Crippen LogP contribution in [0, 0.1) is 0 Å². The van der Waals surface area contributed by atoms with Crippen molar-refractivity contribution in [2.24, 2.45) is 5.73 Å². The van der Waals surface area contributed by atoms with E-state index in [2.05, 4.69) is 4.90 Å². The summed E-state index contributed by atoms with van der Waals surface area (Å²) in [7, 11) is -2.66. The summed E-state index contributed by atoms with van der Waals surface area (Å²) in [5, 5.41) is 8.54. The molecular formula is C15H21N3O4S. The van der Waals surface area contributed by atoms with Crippen LogP contribution in [0.15, 0.2) is 30.3 Å². The zero-order valence-corrected chi connectivity index (χ0v) is 13.4. The van der Waals surface area contributed by atoms with E-state index in [0.717, 1.165) is 11.3 Å². The average molecular weight is 339 g/mol. The molecule has 1 aromatic rings. The maximum Gasteiger partial charge on any atom is 0.267 e. The van der Waals surface area contributed by atoms with Gasteiger partial charge in [-0.15, -0.1) is 0 Å². The van der Waals surface area contributed by atoms with Crippen LogP contribution in [0.25, 0.3) is 6.08 Å². The first-order chi connectivity index (χ1) is 10.9. The molecule has 23 heavy (non-hydrogen) atoms. The van der Waals surface area contributed by atoms with E-state index in [1.165, 1.54) is 6.08 Å². The Morgan fingerprint density at radius 2 is 2.09 bits per heavy atom. The van der Waals surface area contributed by atoms with Gasteiger partial charge in [-0.3, -0.25) is 19.1 Å². The van der Waals surface area contributed by atoms with Crippen molar-refractivity contribution < 1.29 is 19.1 Å². The highest BCUT2D eigenvalue weighted by Crippen LogP contribution is 2.63. The molecule has 2 aliphatic rings. The number of rotatable bonds is 3. The highest BCUT2D eigenvalue weighted by molar-refractivity contribution is 8.25. The van der Waals surface area contributed by atoms with Crippen molar-refractivity contribution in [3.63, 3.8) is 0 Å². The number of para-hydroxylation sites is 1. The summed E-state index contributed by atoms with van der Waals surface area (Å²) in [6, 6.07) is 7.37. The van der Waals surface area contributed by atoms with Gasteiger partial charge in [0.1, 0.15) is 0 Å². The lowest BCUT2D eigenvalue weighted by Gasteiger charge is -2.57. The molecule has 0 aliphatic carbocycles. The van der Waals surface area contributed by atoms with Crippen molar-refractivity contribution in [3.05, 3.63) is 35.9 Å². The van der Waals surface area contributed by atoms with Crippen molar-refractivity contribution >= 4 is 28.3 Å². The molecule has 1 aromatic carbocycles. The van der Waals surface area contributed by atoms with Crippen molar-refractivity contribution in [3.8, 4) is 0 Å². The second-order valence-corrected chi connectivity index (χ2v) is 8.74. The van der Waals surface area contributed by atoms with Gasteiger partial charge >= 0.3 is 0 Å². The van der Waals surface area contributed by atoms with Crippen LogP contribution in [-0.2, 0) is 4.79 Å². The Hall–Kier alpha value is -1.58. The number of hydroxylamine groups is 1. The molecule has 2 saturated heterocycles. The minimum atomic E-state index is -2.66. The van der Waals surface area contributed by atoms with Crippen molar-refractivity contribution in [2.45, 2.75) is 17.2 Å². The Morgan fingerprint density at radius 3 is 2.70 bits per heavy atom. The fraction of sp³-hybridized carbons (Fsp3) is 0.400. The third-order valence-electron chi connectivity index (χ3n) is 4.53. The largest absolute Gasteiger partial charge is 0.367 e. The normalized spacial score (nSPS) is 26.3. The maximum atomic E-state index is 11.1. The molecule has 0 bridgehead atoms. The molecule has 2 heterocycles. The van der Waals surface area contributed by atoms with E-state index in [-0.39, 0.29) is 11.8 Å². The fourth-order valence-electron chi connectivity index (χ4n) is 3.42. The van der Waals surface area contributed by atoms with Gasteiger partial charge in [0.25, 0.3) is 5.91 Å². The monoisotopic (exact) mass is 339 g/mol. The zero-order chi connectivity index (χ0) is 16.7. The zero-order valence-electron chi connectivity index (χ0n) is 12.6. The number of nitrogens with zero attached hydrogens (tertiary/aromatic N) is 1. The number of hydrogen-bond acceptors (Lipinski definition) is 6. The van der Waals surface area contributed by atoms with Crippen molar-refractivity contribution in [1.29, 1.82) is 0 Å². The summed E-state index contributed by atoms with van der Waals surface area (Å²) < 4.78 is 20.1. The van der Waals surface area contributed by atoms with Gasteiger partial charge in [0.15, 0.2) is 0 Å². The quantitative estimate of drug-likeness (QED) is 0.321. The molecule has 1 amide bonds. The van der Waals surface area contributed by atoms with Crippen LogP contribution in [0.4, 0.5) is 5.69 Å². The molecule has 0 saturated carbocycles. The summed E-state index contributed by atoms with van der Waals surface area (Å²) in [5.41, 5.74) is 9.20. The third-order valence-corrected chi connectivity index (χ3v) is 7.24. The third kappa shape index (κ3) is 2.84. The first-order valence-electron chi connectivity index (χ1n) is 7.34. The van der Waals surface area contributed by atoms with E-state index >= 15 is 0 Å². The van der Waals surface area contributed by atoms with Crippen LogP contribution in [0.5, 0.6) is 0 Å². The van der Waals surface area contributed by atoms with Crippen molar-refractivity contribution in [1.82, 2.24) is 5.48 Å². The highest BCUT2D eigenvalue weighted by atomic mass is 32.3. The standard InChI is InChI=1S/C15H21N3O4S/c16-12-7-15(23(21,22)8-12)9-18(10-15)13-4-2-1-3-11(13)5-6-14(19)17-20/h1-6,12,20-22H,7-10,16H2,(H,17,19)/b6-5+. The fourth-order valence-corrected chi connectivity index (χ4v) is 5.69. The Bertz CT molecular complexity index is 643. The van der Waals surface area contributed by atoms with Gasteiger partial charge in [-0.2, -0.15) is 10.6 Å². The second kappa shape index (κ2) is 5.81. The molecule has 1 unspecified atom stereocenters. The SMILES string of the molecule is NC1CC2(CN(c3ccccc3/C=C/C(=O)NO)C2)S(O)(O)C1. The van der Waals surface area contributed by atoms with Crippen LogP contribution in [0.1, 0.15) is 12.0 Å². The van der Waals surface area contributed by atoms with E-state index < -0.39 is 21.2 Å². The molecule has 6 N–H and O–H groups in total. The van der Waals surface area contributed by atoms with Gasteiger partial charge in [-0.05, 0) is 24.1 Å². The van der Waals surface area contributed by atoms with E-state index in [1.54, 1.807) is 11.6 Å². The summed E-state index contributed by atoms with van der Waals surface area (Å²) in [5.74, 6) is -0.324. The van der Waals surface area contributed by atoms with Gasteiger partial charge < -0.3 is 10.6 Å². The second-order valence-electron chi connectivity index (χ2n) is 6.20. The van der Waals surface area contributed by atoms with Crippen LogP contribution in [0.2, 0.25) is 0 Å². The van der Waals surface area contributed by atoms with Gasteiger partial charge in [0.05, 0.1) is 10.5 Å². The first-order valence-corrected chi connectivity index (χ1v) is 9.06. The molecule has 8 heteroatoms. The topological polar surface area (TPSA) is 119 Å². The Morgan fingerprint density at radius 1 is 1.39 bits per heavy atom. The summed E-state index contributed by atoms with van der Waals surface area (Å²) in [6.45, 7) is 1.08. The Balaban J connectivity index is 1.78. The van der Waals surface area contributed by atoms with E-state index in [4.69, 9.17) is 10.9 Å². The number of carbonyl (C=O) groups is 1. The summed E-state index contributed by atoms with van der Waals surface area (Å²) >= 11 is 0. The van der Waals surface area contributed by atoms with Crippen LogP contribution < -0.4 is 16.1 Å². The number of benzene rings is 1. The lowest BCUT2D eigenvalue weighted by molar-refractivity contribution is -0.124. The van der Waals surface area contributed by atoms with Gasteiger partial charge in [0.2, 0.25) is 0 Å². The number of nitrogens with one attached hydrogen (secondary N) is 1. The maximum absolute atomic E-state index is 11.1. The molecule has 3 rings (SSSR count). The number of carbonyl (C=O) groups excluding carboxylic acids is 1. The predicted octanol–water partition coefficient (Wildman–Crippen LogP) is 1.25. The van der Waals surface area contributed by atoms with Crippen molar-refractivity contribution in [2.75, 3.05) is 23.7 Å². The molecule has 2 aliphatic heterocycles. The minimum Gasteiger partial charge on any atom is -0.367 e.